The number of anilines is 1. The second-order valence-corrected chi connectivity index (χ2v) is 7.35. The van der Waals surface area contributed by atoms with Crippen LogP contribution in [0.5, 0.6) is 0 Å². The van der Waals surface area contributed by atoms with Crippen molar-refractivity contribution in [2.24, 2.45) is 10.9 Å². The molecule has 2 aliphatic rings. The van der Waals surface area contributed by atoms with Gasteiger partial charge in [-0.15, -0.1) is 0 Å². The van der Waals surface area contributed by atoms with Crippen LogP contribution in [0.3, 0.4) is 0 Å². The van der Waals surface area contributed by atoms with Crippen molar-refractivity contribution in [1.82, 2.24) is 15.6 Å². The zero-order valence-corrected chi connectivity index (χ0v) is 15.8. The molecule has 138 valence electrons. The molecule has 25 heavy (non-hydrogen) atoms. The van der Waals surface area contributed by atoms with Gasteiger partial charge in [-0.25, -0.2) is 9.98 Å². The van der Waals surface area contributed by atoms with Gasteiger partial charge >= 0.3 is 0 Å². The molecular weight excluding hydrogens is 314 g/mol. The highest BCUT2D eigenvalue weighted by Crippen LogP contribution is 2.28. The number of nitrogens with one attached hydrogen (secondary N) is 2. The van der Waals surface area contributed by atoms with Gasteiger partial charge in [-0.05, 0) is 44.7 Å². The minimum absolute atomic E-state index is 0.244. The molecule has 0 bridgehead atoms. The monoisotopic (exact) mass is 345 g/mol. The molecule has 1 saturated heterocycles. The lowest BCUT2D eigenvalue weighted by molar-refractivity contribution is -0.00545. The first-order valence-electron chi connectivity index (χ1n) is 9.45. The Labute approximate surface area is 151 Å². The maximum absolute atomic E-state index is 5.79. The molecule has 6 heteroatoms. The van der Waals surface area contributed by atoms with E-state index in [9.17, 15) is 0 Å². The molecule has 4 atom stereocenters. The van der Waals surface area contributed by atoms with Crippen molar-refractivity contribution in [3.63, 3.8) is 0 Å². The fraction of sp³-hybridized carbons (Fsp3) is 0.684. The Bertz CT molecular complexity index is 578. The van der Waals surface area contributed by atoms with E-state index in [0.717, 1.165) is 42.9 Å². The summed E-state index contributed by atoms with van der Waals surface area (Å²) in [6.45, 7) is 11.9. The number of hydrogen-bond donors (Lipinski definition) is 2. The summed E-state index contributed by atoms with van der Waals surface area (Å²) >= 11 is 0. The number of pyridine rings is 1. The zero-order chi connectivity index (χ0) is 17.8. The van der Waals surface area contributed by atoms with Crippen molar-refractivity contribution >= 4 is 11.8 Å². The molecule has 6 nitrogen and oxygen atoms in total. The first-order chi connectivity index (χ1) is 12.0. The van der Waals surface area contributed by atoms with Gasteiger partial charge in [-0.1, -0.05) is 13.0 Å². The van der Waals surface area contributed by atoms with Crippen LogP contribution in [0.15, 0.2) is 23.3 Å². The van der Waals surface area contributed by atoms with E-state index in [1.165, 1.54) is 6.42 Å². The predicted octanol–water partition coefficient (Wildman–Crippen LogP) is 2.16. The van der Waals surface area contributed by atoms with E-state index in [-0.39, 0.29) is 12.2 Å². The Morgan fingerprint density at radius 3 is 2.56 bits per heavy atom. The predicted molar refractivity (Wildman–Crippen MR) is 102 cm³/mol. The van der Waals surface area contributed by atoms with Crippen LogP contribution in [0.2, 0.25) is 0 Å². The third kappa shape index (κ3) is 5.08. The molecule has 3 rings (SSSR count). The van der Waals surface area contributed by atoms with Crippen molar-refractivity contribution in [1.29, 1.82) is 0 Å². The lowest BCUT2D eigenvalue weighted by Crippen LogP contribution is -2.45. The second-order valence-electron chi connectivity index (χ2n) is 7.35. The van der Waals surface area contributed by atoms with Gasteiger partial charge in [0, 0.05) is 31.9 Å². The van der Waals surface area contributed by atoms with Crippen LogP contribution in [0.4, 0.5) is 5.82 Å². The molecule has 1 aliphatic carbocycles. The van der Waals surface area contributed by atoms with Gasteiger partial charge in [0.1, 0.15) is 5.82 Å². The van der Waals surface area contributed by atoms with Crippen LogP contribution in [0.1, 0.15) is 39.7 Å². The summed E-state index contributed by atoms with van der Waals surface area (Å²) in [5.41, 5.74) is 1.12. The van der Waals surface area contributed by atoms with E-state index in [0.29, 0.717) is 12.6 Å². The summed E-state index contributed by atoms with van der Waals surface area (Å²) in [4.78, 5) is 11.6. The molecule has 0 amide bonds. The molecular formula is C19H31N5O. The number of hydrogen-bond acceptors (Lipinski definition) is 4. The molecule has 1 aromatic heterocycles. The van der Waals surface area contributed by atoms with Crippen LogP contribution in [-0.4, -0.2) is 48.8 Å². The maximum atomic E-state index is 5.79. The van der Waals surface area contributed by atoms with Gasteiger partial charge in [-0.2, -0.15) is 0 Å². The highest BCUT2D eigenvalue weighted by atomic mass is 16.5. The number of morpholine rings is 1. The highest BCUT2D eigenvalue weighted by molar-refractivity contribution is 5.80. The normalized spacial score (nSPS) is 29.4. The van der Waals surface area contributed by atoms with Gasteiger partial charge in [0.15, 0.2) is 5.96 Å². The average Bonchev–Trinajstić information content (AvgIpc) is 3.27. The van der Waals surface area contributed by atoms with Gasteiger partial charge in [-0.3, -0.25) is 0 Å². The number of ether oxygens (including phenoxy) is 1. The molecule has 2 heterocycles. The minimum atomic E-state index is 0.244. The van der Waals surface area contributed by atoms with E-state index >= 15 is 0 Å². The van der Waals surface area contributed by atoms with Crippen LogP contribution in [-0.2, 0) is 11.3 Å². The van der Waals surface area contributed by atoms with Gasteiger partial charge in [0.05, 0.1) is 18.8 Å². The topological polar surface area (TPSA) is 61.8 Å². The lowest BCUT2D eigenvalue weighted by atomic mass is 10.2. The summed E-state index contributed by atoms with van der Waals surface area (Å²) in [6, 6.07) is 4.79. The smallest absolute Gasteiger partial charge is 0.191 e. The van der Waals surface area contributed by atoms with Crippen molar-refractivity contribution in [2.75, 3.05) is 24.5 Å². The molecule has 1 saturated carbocycles. The fourth-order valence-electron chi connectivity index (χ4n) is 3.25. The highest BCUT2D eigenvalue weighted by Gasteiger charge is 2.33. The molecule has 2 fully saturated rings. The Morgan fingerprint density at radius 1 is 1.28 bits per heavy atom. The first kappa shape index (κ1) is 18.0. The number of aliphatic imine (C=N–C) groups is 1. The third-order valence-electron chi connectivity index (χ3n) is 4.75. The molecule has 2 N–H and O–H groups in total. The standard InChI is InChI=1S/C19H31N5O/c1-5-20-19(23-17-8-13(17)2)22-10-16-6-7-18(21-9-16)24-11-14(3)25-15(4)12-24/h6-7,9,13-15,17H,5,8,10-12H2,1-4H3,(H2,20,22,23). The third-order valence-corrected chi connectivity index (χ3v) is 4.75. The molecule has 1 aliphatic heterocycles. The quantitative estimate of drug-likeness (QED) is 0.632. The molecule has 0 aromatic carbocycles. The summed E-state index contributed by atoms with van der Waals surface area (Å²) in [6.07, 6.45) is 3.66. The van der Waals surface area contributed by atoms with Crippen molar-refractivity contribution in [2.45, 2.75) is 58.9 Å². The largest absolute Gasteiger partial charge is 0.372 e. The Hall–Kier alpha value is -1.82. The molecule has 4 unspecified atom stereocenters. The van der Waals surface area contributed by atoms with Crippen LogP contribution < -0.4 is 15.5 Å². The molecule has 0 spiro atoms. The van der Waals surface area contributed by atoms with Gasteiger partial charge < -0.3 is 20.3 Å². The van der Waals surface area contributed by atoms with Crippen molar-refractivity contribution < 1.29 is 4.74 Å². The van der Waals surface area contributed by atoms with E-state index < -0.39 is 0 Å². The Kier molecular flexibility index (Phi) is 5.78. The van der Waals surface area contributed by atoms with E-state index in [1.807, 2.05) is 6.20 Å². The van der Waals surface area contributed by atoms with Crippen LogP contribution >= 0.6 is 0 Å². The van der Waals surface area contributed by atoms with Crippen LogP contribution in [0, 0.1) is 5.92 Å². The number of aromatic nitrogens is 1. The zero-order valence-electron chi connectivity index (χ0n) is 15.8. The second kappa shape index (κ2) is 8.04. The number of rotatable bonds is 5. The fourth-order valence-corrected chi connectivity index (χ4v) is 3.25. The average molecular weight is 345 g/mol. The number of nitrogens with zero attached hydrogens (tertiary/aromatic N) is 3. The van der Waals surface area contributed by atoms with Gasteiger partial charge in [0.25, 0.3) is 0 Å². The Morgan fingerprint density at radius 2 is 2.00 bits per heavy atom. The number of guanidine groups is 1. The maximum Gasteiger partial charge on any atom is 0.191 e. The van der Waals surface area contributed by atoms with Crippen molar-refractivity contribution in [3.8, 4) is 0 Å². The van der Waals surface area contributed by atoms with E-state index in [2.05, 4.69) is 65.3 Å². The summed E-state index contributed by atoms with van der Waals surface area (Å²) < 4.78 is 5.79. The summed E-state index contributed by atoms with van der Waals surface area (Å²) in [5.74, 6) is 2.67. The molecule has 1 aromatic rings. The van der Waals surface area contributed by atoms with Crippen molar-refractivity contribution in [3.05, 3.63) is 23.9 Å². The van der Waals surface area contributed by atoms with Gasteiger partial charge in [0.2, 0.25) is 0 Å². The SMILES string of the molecule is CCNC(=NCc1ccc(N2CC(C)OC(C)C2)nc1)NC1CC1C. The minimum Gasteiger partial charge on any atom is -0.372 e. The lowest BCUT2D eigenvalue weighted by Gasteiger charge is -2.36. The summed E-state index contributed by atoms with van der Waals surface area (Å²) in [7, 11) is 0. The Balaban J connectivity index is 1.58. The van der Waals surface area contributed by atoms with E-state index in [1.54, 1.807) is 0 Å². The summed E-state index contributed by atoms with van der Waals surface area (Å²) in [5, 5.41) is 6.79. The van der Waals surface area contributed by atoms with Crippen LogP contribution in [0.25, 0.3) is 0 Å². The van der Waals surface area contributed by atoms with E-state index in [4.69, 9.17) is 4.74 Å². The molecule has 0 radical (unpaired) electrons. The first-order valence-corrected chi connectivity index (χ1v) is 9.45.